The van der Waals surface area contributed by atoms with Crippen LogP contribution >= 0.6 is 11.6 Å². The molecule has 2 heterocycles. The Hall–Kier alpha value is -2.33. The van der Waals surface area contributed by atoms with Crippen LogP contribution in [0.15, 0.2) is 47.4 Å². The Morgan fingerprint density at radius 1 is 0.970 bits per heavy atom. The summed E-state index contributed by atoms with van der Waals surface area (Å²) in [4.78, 5) is 14.9. The Morgan fingerprint density at radius 3 is 2.36 bits per heavy atom. The first-order valence-corrected chi connectivity index (χ1v) is 13.0. The van der Waals surface area contributed by atoms with Crippen LogP contribution in [0.1, 0.15) is 19.3 Å². The molecule has 8 nitrogen and oxygen atoms in total. The normalized spacial score (nSPS) is 17.5. The number of hydrogen-bond donors (Lipinski definition) is 2. The first-order valence-electron chi connectivity index (χ1n) is 11.2. The van der Waals surface area contributed by atoms with Crippen LogP contribution in [0.2, 0.25) is 5.02 Å². The molecule has 2 aromatic rings. The summed E-state index contributed by atoms with van der Waals surface area (Å²) in [6.45, 7) is 3.68. The van der Waals surface area contributed by atoms with Gasteiger partial charge in [-0.15, -0.1) is 0 Å². The minimum atomic E-state index is -3.59. The minimum Gasteiger partial charge on any atom is -0.378 e. The highest BCUT2D eigenvalue weighted by atomic mass is 35.5. The third kappa shape index (κ3) is 5.97. The average Bonchev–Trinajstić information content (AvgIpc) is 2.85. The third-order valence-corrected chi connectivity index (χ3v) is 7.99. The number of hydrogen-bond acceptors (Lipinski definition) is 6. The molecule has 33 heavy (non-hydrogen) atoms. The van der Waals surface area contributed by atoms with E-state index < -0.39 is 10.0 Å². The summed E-state index contributed by atoms with van der Waals surface area (Å²) in [5, 5.41) is 6.56. The van der Waals surface area contributed by atoms with E-state index in [-0.39, 0.29) is 17.3 Å². The monoisotopic (exact) mass is 492 g/mol. The largest absolute Gasteiger partial charge is 0.378 e. The highest BCUT2D eigenvalue weighted by molar-refractivity contribution is 7.89. The second-order valence-corrected chi connectivity index (χ2v) is 10.5. The summed E-state index contributed by atoms with van der Waals surface area (Å²) < 4.78 is 33.4. The first-order chi connectivity index (χ1) is 15.9. The molecule has 0 aliphatic carbocycles. The van der Waals surface area contributed by atoms with E-state index in [0.717, 1.165) is 24.9 Å². The van der Waals surface area contributed by atoms with E-state index >= 15 is 0 Å². The molecule has 0 unspecified atom stereocenters. The second-order valence-electron chi connectivity index (χ2n) is 8.15. The fraction of sp³-hybridized carbons (Fsp3) is 0.435. The van der Waals surface area contributed by atoms with Crippen molar-refractivity contribution >= 4 is 44.6 Å². The van der Waals surface area contributed by atoms with Gasteiger partial charge < -0.3 is 20.3 Å². The van der Waals surface area contributed by atoms with Gasteiger partial charge in [-0.25, -0.2) is 8.42 Å². The Balaban J connectivity index is 1.54. The zero-order chi connectivity index (χ0) is 23.3. The zero-order valence-corrected chi connectivity index (χ0v) is 20.0. The number of rotatable bonds is 7. The van der Waals surface area contributed by atoms with Gasteiger partial charge in [0.25, 0.3) is 0 Å². The maximum Gasteiger partial charge on any atom is 0.243 e. The maximum absolute atomic E-state index is 13.2. The molecule has 2 N–H and O–H groups in total. The number of morpholine rings is 1. The number of ether oxygens (including phenoxy) is 1. The number of nitrogens with zero attached hydrogens (tertiary/aromatic N) is 2. The van der Waals surface area contributed by atoms with Crippen molar-refractivity contribution in [3.05, 3.63) is 47.5 Å². The van der Waals surface area contributed by atoms with Gasteiger partial charge in [0.1, 0.15) is 0 Å². The standard InChI is InChI=1S/C23H29ClN4O4S/c24-18-4-6-19(7-5-18)26-23(29)17-25-21-16-20(33(30,31)28-10-2-1-3-11-28)8-9-22(21)27-12-14-32-15-13-27/h4-9,16,25H,1-3,10-15,17H2,(H,26,29). The van der Waals surface area contributed by atoms with E-state index in [2.05, 4.69) is 15.5 Å². The number of nitrogens with one attached hydrogen (secondary N) is 2. The van der Waals surface area contributed by atoms with Crippen LogP contribution < -0.4 is 15.5 Å². The highest BCUT2D eigenvalue weighted by Gasteiger charge is 2.27. The van der Waals surface area contributed by atoms with E-state index in [1.54, 1.807) is 40.7 Å². The Bertz CT molecular complexity index is 1070. The van der Waals surface area contributed by atoms with Crippen LogP contribution in [0, 0.1) is 0 Å². The van der Waals surface area contributed by atoms with Crippen molar-refractivity contribution in [2.24, 2.45) is 0 Å². The molecule has 1 amide bonds. The number of carbonyl (C=O) groups excluding carboxylic acids is 1. The van der Waals surface area contributed by atoms with E-state index in [0.29, 0.717) is 55.8 Å². The molecule has 0 radical (unpaired) electrons. The predicted octanol–water partition coefficient (Wildman–Crippen LogP) is 3.40. The van der Waals surface area contributed by atoms with Gasteiger partial charge in [0.2, 0.25) is 15.9 Å². The quantitative estimate of drug-likeness (QED) is 0.615. The number of piperidine rings is 1. The van der Waals surface area contributed by atoms with Crippen LogP contribution in [0.3, 0.4) is 0 Å². The Morgan fingerprint density at radius 2 is 1.67 bits per heavy atom. The first kappa shape index (κ1) is 23.8. The van der Waals surface area contributed by atoms with Crippen molar-refractivity contribution < 1.29 is 17.9 Å². The van der Waals surface area contributed by atoms with Gasteiger partial charge in [-0.3, -0.25) is 4.79 Å². The predicted molar refractivity (Wildman–Crippen MR) is 131 cm³/mol. The number of halogens is 1. The molecular formula is C23H29ClN4O4S. The van der Waals surface area contributed by atoms with Crippen LogP contribution in [0.4, 0.5) is 17.1 Å². The molecule has 0 spiro atoms. The molecule has 2 aromatic carbocycles. The number of benzene rings is 2. The number of amides is 1. The Labute approximate surface area is 199 Å². The lowest BCUT2D eigenvalue weighted by Gasteiger charge is -2.31. The van der Waals surface area contributed by atoms with Crippen LogP contribution in [0.25, 0.3) is 0 Å². The summed E-state index contributed by atoms with van der Waals surface area (Å²) in [5.41, 5.74) is 2.11. The molecule has 10 heteroatoms. The molecule has 2 fully saturated rings. The van der Waals surface area contributed by atoms with Crippen LogP contribution in [-0.4, -0.2) is 64.6 Å². The fourth-order valence-electron chi connectivity index (χ4n) is 4.07. The van der Waals surface area contributed by atoms with Gasteiger partial charge in [-0.1, -0.05) is 18.0 Å². The summed E-state index contributed by atoms with van der Waals surface area (Å²) in [6.07, 6.45) is 2.81. The average molecular weight is 493 g/mol. The van der Waals surface area contributed by atoms with Crippen molar-refractivity contribution in [3.63, 3.8) is 0 Å². The zero-order valence-electron chi connectivity index (χ0n) is 18.4. The highest BCUT2D eigenvalue weighted by Crippen LogP contribution is 2.31. The minimum absolute atomic E-state index is 0.00676. The molecular weight excluding hydrogens is 464 g/mol. The summed E-state index contributed by atoms with van der Waals surface area (Å²) >= 11 is 5.90. The smallest absolute Gasteiger partial charge is 0.243 e. The molecule has 2 saturated heterocycles. The lowest BCUT2D eigenvalue weighted by molar-refractivity contribution is -0.114. The van der Waals surface area contributed by atoms with Crippen molar-refractivity contribution in [3.8, 4) is 0 Å². The van der Waals surface area contributed by atoms with Crippen LogP contribution in [-0.2, 0) is 19.6 Å². The van der Waals surface area contributed by atoms with Gasteiger partial charge >= 0.3 is 0 Å². The summed E-state index contributed by atoms with van der Waals surface area (Å²) in [7, 11) is -3.59. The summed E-state index contributed by atoms with van der Waals surface area (Å²) in [6, 6.07) is 12.0. The van der Waals surface area contributed by atoms with E-state index in [1.165, 1.54) is 0 Å². The maximum atomic E-state index is 13.2. The van der Waals surface area contributed by atoms with Gasteiger partial charge in [0.05, 0.1) is 36.0 Å². The van der Waals surface area contributed by atoms with Crippen molar-refractivity contribution in [1.29, 1.82) is 0 Å². The van der Waals surface area contributed by atoms with E-state index in [1.807, 2.05) is 6.07 Å². The molecule has 0 bridgehead atoms. The fourth-order valence-corrected chi connectivity index (χ4v) is 5.74. The molecule has 4 rings (SSSR count). The second kappa shape index (κ2) is 10.7. The van der Waals surface area contributed by atoms with Gasteiger partial charge in [0, 0.05) is 36.9 Å². The number of anilines is 3. The molecule has 0 atom stereocenters. The number of carbonyl (C=O) groups is 1. The molecule has 0 saturated carbocycles. The van der Waals surface area contributed by atoms with Crippen molar-refractivity contribution in [1.82, 2.24) is 4.31 Å². The molecule has 0 aromatic heterocycles. The van der Waals surface area contributed by atoms with Gasteiger partial charge in [0.15, 0.2) is 0 Å². The van der Waals surface area contributed by atoms with Crippen molar-refractivity contribution in [2.45, 2.75) is 24.2 Å². The molecule has 2 aliphatic rings. The SMILES string of the molecule is O=C(CNc1cc(S(=O)(=O)N2CCCCC2)ccc1N1CCOCC1)Nc1ccc(Cl)cc1. The lowest BCUT2D eigenvalue weighted by atomic mass is 10.2. The van der Waals surface area contributed by atoms with Crippen molar-refractivity contribution in [2.75, 3.05) is 61.5 Å². The molecule has 2 aliphatic heterocycles. The molecule has 178 valence electrons. The van der Waals surface area contributed by atoms with E-state index in [4.69, 9.17) is 16.3 Å². The van der Waals surface area contributed by atoms with Gasteiger partial charge in [-0.05, 0) is 55.3 Å². The number of sulfonamides is 1. The third-order valence-electron chi connectivity index (χ3n) is 5.84. The van der Waals surface area contributed by atoms with Gasteiger partial charge in [-0.2, -0.15) is 4.31 Å². The van der Waals surface area contributed by atoms with Crippen LogP contribution in [0.5, 0.6) is 0 Å². The van der Waals surface area contributed by atoms with E-state index in [9.17, 15) is 13.2 Å². The Kier molecular flexibility index (Phi) is 7.75. The topological polar surface area (TPSA) is 91.0 Å². The summed E-state index contributed by atoms with van der Waals surface area (Å²) in [5.74, 6) is -0.241. The lowest BCUT2D eigenvalue weighted by Crippen LogP contribution is -2.37.